The van der Waals surface area contributed by atoms with Crippen molar-refractivity contribution in [2.24, 2.45) is 5.92 Å². The van der Waals surface area contributed by atoms with Gasteiger partial charge in [-0.05, 0) is 30.9 Å². The quantitative estimate of drug-likeness (QED) is 0.768. The van der Waals surface area contributed by atoms with Crippen molar-refractivity contribution in [3.05, 3.63) is 29.6 Å². The van der Waals surface area contributed by atoms with E-state index in [0.29, 0.717) is 12.5 Å². The molecule has 7 heteroatoms. The number of hydrogen-bond acceptors (Lipinski definition) is 5. The number of rotatable bonds is 2. The van der Waals surface area contributed by atoms with E-state index in [9.17, 15) is 18.8 Å². The van der Waals surface area contributed by atoms with Gasteiger partial charge in [0.25, 0.3) is 0 Å². The topological polar surface area (TPSA) is 72.9 Å². The molecule has 0 bridgehead atoms. The molecule has 3 aliphatic rings. The maximum atomic E-state index is 13.9. The van der Waals surface area contributed by atoms with Crippen LogP contribution in [0.4, 0.5) is 9.18 Å². The number of ether oxygens (including phenoxy) is 2. The zero-order valence-electron chi connectivity index (χ0n) is 13.6. The molecular formula is C18H18FNO5. The summed E-state index contributed by atoms with van der Waals surface area (Å²) >= 11 is 0. The van der Waals surface area contributed by atoms with Crippen LogP contribution in [0.15, 0.2) is 18.2 Å². The third-order valence-corrected chi connectivity index (χ3v) is 5.10. The number of fused-ring (bicyclic) bond motifs is 1. The number of ketones is 2. The summed E-state index contributed by atoms with van der Waals surface area (Å²) in [5.74, 6) is -1.78. The number of Topliss-reactive ketones (excluding diaryl/α,β-unsaturated/α-hetero) is 2. The Kier molecular flexibility index (Phi) is 3.74. The molecule has 1 aliphatic carbocycles. The average Bonchev–Trinajstić information content (AvgIpc) is 3.43. The molecule has 2 heterocycles. The van der Waals surface area contributed by atoms with Crippen molar-refractivity contribution in [1.82, 2.24) is 4.90 Å². The van der Waals surface area contributed by atoms with Crippen molar-refractivity contribution < 1.29 is 28.2 Å². The number of amides is 1. The highest BCUT2D eigenvalue weighted by atomic mass is 19.1. The molecule has 25 heavy (non-hydrogen) atoms. The summed E-state index contributed by atoms with van der Waals surface area (Å²) in [6.07, 6.45) is 2.16. The molecule has 0 radical (unpaired) electrons. The van der Waals surface area contributed by atoms with Crippen molar-refractivity contribution in [2.45, 2.75) is 31.3 Å². The normalized spacial score (nSPS) is 21.7. The van der Waals surface area contributed by atoms with E-state index in [-0.39, 0.29) is 37.2 Å². The second-order valence-corrected chi connectivity index (χ2v) is 6.87. The Bertz CT molecular complexity index is 750. The van der Waals surface area contributed by atoms with E-state index < -0.39 is 29.1 Å². The molecular weight excluding hydrogens is 329 g/mol. The molecule has 4 rings (SSSR count). The van der Waals surface area contributed by atoms with Crippen molar-refractivity contribution in [3.8, 4) is 5.75 Å². The summed E-state index contributed by atoms with van der Waals surface area (Å²) in [4.78, 5) is 38.5. The minimum absolute atomic E-state index is 0.0920. The van der Waals surface area contributed by atoms with E-state index in [1.807, 2.05) is 0 Å². The van der Waals surface area contributed by atoms with Crippen LogP contribution in [0.25, 0.3) is 0 Å². The van der Waals surface area contributed by atoms with Gasteiger partial charge < -0.3 is 14.4 Å². The summed E-state index contributed by atoms with van der Waals surface area (Å²) < 4.78 is 24.9. The Morgan fingerprint density at radius 2 is 2.00 bits per heavy atom. The maximum absolute atomic E-state index is 13.9. The van der Waals surface area contributed by atoms with Gasteiger partial charge in [0.2, 0.25) is 11.6 Å². The number of nitrogens with zero attached hydrogens (tertiary/aromatic N) is 1. The van der Waals surface area contributed by atoms with E-state index in [1.165, 1.54) is 17.0 Å². The van der Waals surface area contributed by atoms with Crippen LogP contribution in [0.1, 0.15) is 36.0 Å². The molecule has 1 aromatic carbocycles. The molecule has 1 aromatic rings. The van der Waals surface area contributed by atoms with Gasteiger partial charge >= 0.3 is 6.09 Å². The lowest BCUT2D eigenvalue weighted by Gasteiger charge is -2.42. The highest BCUT2D eigenvalue weighted by Crippen LogP contribution is 2.38. The zero-order chi connectivity index (χ0) is 17.6. The van der Waals surface area contributed by atoms with Crippen LogP contribution in [0.2, 0.25) is 0 Å². The van der Waals surface area contributed by atoms with E-state index in [2.05, 4.69) is 0 Å². The van der Waals surface area contributed by atoms with Crippen molar-refractivity contribution in [1.29, 1.82) is 0 Å². The van der Waals surface area contributed by atoms with Crippen molar-refractivity contribution in [2.75, 3.05) is 19.7 Å². The Morgan fingerprint density at radius 1 is 1.28 bits per heavy atom. The molecule has 1 spiro atoms. The van der Waals surface area contributed by atoms with Gasteiger partial charge in [-0.25, -0.2) is 9.18 Å². The van der Waals surface area contributed by atoms with Gasteiger partial charge in [-0.3, -0.25) is 9.59 Å². The number of hydrogen-bond donors (Lipinski definition) is 0. The second-order valence-electron chi connectivity index (χ2n) is 6.87. The molecule has 1 saturated heterocycles. The Labute approximate surface area is 143 Å². The standard InChI is InChI=1S/C18H18FNO5/c19-12-2-1-3-13-14(12)15(21)16(22)18(25-13)6-8-20(9-7-18)17(23)24-10-11-4-5-11/h1-3,11H,4-10H2. The van der Waals surface area contributed by atoms with E-state index in [4.69, 9.17) is 9.47 Å². The fourth-order valence-electron chi connectivity index (χ4n) is 3.33. The molecule has 0 atom stereocenters. The SMILES string of the molecule is O=C1C(=O)C2(CCN(C(=O)OCC3CC3)CC2)Oc2cccc(F)c21. The number of halogens is 1. The minimum Gasteiger partial charge on any atom is -0.478 e. The van der Waals surface area contributed by atoms with Gasteiger partial charge in [-0.1, -0.05) is 6.07 Å². The third kappa shape index (κ3) is 2.77. The Balaban J connectivity index is 1.47. The predicted molar refractivity (Wildman–Crippen MR) is 84.0 cm³/mol. The molecule has 0 unspecified atom stereocenters. The lowest BCUT2D eigenvalue weighted by atomic mass is 9.81. The third-order valence-electron chi connectivity index (χ3n) is 5.10. The summed E-state index contributed by atoms with van der Waals surface area (Å²) in [7, 11) is 0. The van der Waals surface area contributed by atoms with E-state index in [0.717, 1.165) is 18.9 Å². The molecule has 0 aromatic heterocycles. The van der Waals surface area contributed by atoms with Crippen LogP contribution < -0.4 is 4.74 Å². The van der Waals surface area contributed by atoms with Crippen LogP contribution in [-0.4, -0.2) is 47.9 Å². The van der Waals surface area contributed by atoms with Crippen molar-refractivity contribution in [3.63, 3.8) is 0 Å². The molecule has 0 N–H and O–H groups in total. The maximum Gasteiger partial charge on any atom is 0.409 e. The van der Waals surface area contributed by atoms with Crippen LogP contribution >= 0.6 is 0 Å². The van der Waals surface area contributed by atoms with Crippen LogP contribution in [0.3, 0.4) is 0 Å². The average molecular weight is 347 g/mol. The second kappa shape index (κ2) is 5.82. The Hall–Kier alpha value is -2.44. The number of piperidine rings is 1. The minimum atomic E-state index is -1.31. The van der Waals surface area contributed by atoms with Gasteiger partial charge in [0.15, 0.2) is 5.60 Å². The number of likely N-dealkylation sites (tertiary alicyclic amines) is 1. The molecule has 2 aliphatic heterocycles. The van der Waals surface area contributed by atoms with Gasteiger partial charge in [0, 0.05) is 25.9 Å². The smallest absolute Gasteiger partial charge is 0.409 e. The van der Waals surface area contributed by atoms with Gasteiger partial charge in [-0.15, -0.1) is 0 Å². The van der Waals surface area contributed by atoms with Crippen LogP contribution in [-0.2, 0) is 9.53 Å². The molecule has 1 amide bonds. The van der Waals surface area contributed by atoms with Crippen LogP contribution in [0, 0.1) is 11.7 Å². The first-order valence-electron chi connectivity index (χ1n) is 8.48. The zero-order valence-corrected chi connectivity index (χ0v) is 13.6. The molecule has 6 nitrogen and oxygen atoms in total. The molecule has 2 fully saturated rings. The monoisotopic (exact) mass is 347 g/mol. The highest BCUT2D eigenvalue weighted by molar-refractivity contribution is 6.47. The summed E-state index contributed by atoms with van der Waals surface area (Å²) in [6, 6.07) is 4.06. The van der Waals surface area contributed by atoms with Gasteiger partial charge in [0.05, 0.1) is 6.61 Å². The fraction of sp³-hybridized carbons (Fsp3) is 0.500. The highest BCUT2D eigenvalue weighted by Gasteiger charge is 2.52. The van der Waals surface area contributed by atoms with Gasteiger partial charge in [0.1, 0.15) is 17.1 Å². The summed E-state index contributed by atoms with van der Waals surface area (Å²) in [6.45, 7) is 0.946. The summed E-state index contributed by atoms with van der Waals surface area (Å²) in [5, 5.41) is 0. The number of carbonyl (C=O) groups excluding carboxylic acids is 3. The first-order chi connectivity index (χ1) is 12.0. The van der Waals surface area contributed by atoms with Crippen LogP contribution in [0.5, 0.6) is 5.75 Å². The summed E-state index contributed by atoms with van der Waals surface area (Å²) in [5.41, 5.74) is -1.62. The molecule has 1 saturated carbocycles. The lowest BCUT2D eigenvalue weighted by Crippen LogP contribution is -2.58. The predicted octanol–water partition coefficient (Wildman–Crippen LogP) is 2.35. The molecule has 132 valence electrons. The lowest BCUT2D eigenvalue weighted by molar-refractivity contribution is -0.135. The number of benzene rings is 1. The number of carbonyl (C=O) groups is 3. The Morgan fingerprint density at radius 3 is 2.68 bits per heavy atom. The van der Waals surface area contributed by atoms with Gasteiger partial charge in [-0.2, -0.15) is 0 Å². The van der Waals surface area contributed by atoms with Crippen molar-refractivity contribution >= 4 is 17.7 Å². The first-order valence-corrected chi connectivity index (χ1v) is 8.48. The fourth-order valence-corrected chi connectivity index (χ4v) is 3.33. The van der Waals surface area contributed by atoms with E-state index in [1.54, 1.807) is 0 Å². The first kappa shape index (κ1) is 16.1. The van der Waals surface area contributed by atoms with E-state index >= 15 is 0 Å². The largest absolute Gasteiger partial charge is 0.478 e.